The molecule has 2 rings (SSSR count). The molecule has 10 heavy (non-hydrogen) atoms. The van der Waals surface area contributed by atoms with Gasteiger partial charge in [-0.15, -0.1) is 0 Å². The Labute approximate surface area is 85.9 Å². The van der Waals surface area contributed by atoms with Crippen molar-refractivity contribution in [2.45, 2.75) is 10.5 Å². The first kappa shape index (κ1) is 8.00. The molecule has 2 fully saturated rings. The van der Waals surface area contributed by atoms with Crippen molar-refractivity contribution in [3.8, 4) is 0 Å². The molecule has 0 bridgehead atoms. The third kappa shape index (κ3) is 1.44. The van der Waals surface area contributed by atoms with E-state index in [2.05, 4.69) is 31.0 Å². The van der Waals surface area contributed by atoms with Crippen LogP contribution in [0.5, 0.6) is 0 Å². The van der Waals surface area contributed by atoms with Gasteiger partial charge in [-0.1, -0.05) is 0 Å². The van der Waals surface area contributed by atoms with E-state index >= 15 is 0 Å². The second-order valence-electron chi connectivity index (χ2n) is 2.77. The molecule has 60 valence electrons. The van der Waals surface area contributed by atoms with E-state index in [0.29, 0.717) is 21.5 Å². The average Bonchev–Trinajstić information content (AvgIpc) is 2.42. The summed E-state index contributed by atoms with van der Waals surface area (Å²) in [4.78, 5) is 0. The Bertz CT molecular complexity index is 119. The van der Waals surface area contributed by atoms with Crippen LogP contribution < -0.4 is 26.8 Å². The van der Waals surface area contributed by atoms with Crippen molar-refractivity contribution in [2.24, 2.45) is 5.92 Å². The summed E-state index contributed by atoms with van der Waals surface area (Å²) in [5.41, 5.74) is 0. The summed E-state index contributed by atoms with van der Waals surface area (Å²) in [6, 6.07) is 0. The Kier molecular flexibility index (Phi) is 2.72. The summed E-state index contributed by atoms with van der Waals surface area (Å²) in [7, 11) is 0. The molecular weight excluding hydrogens is 354 g/mol. The van der Waals surface area contributed by atoms with Crippen LogP contribution in [0, 0.1) is 5.92 Å². The van der Waals surface area contributed by atoms with Gasteiger partial charge in [-0.2, -0.15) is 0 Å². The Morgan fingerprint density at radius 3 is 3.30 bits per heavy atom. The summed E-state index contributed by atoms with van der Waals surface area (Å²) < 4.78 is 4.83. The van der Waals surface area contributed by atoms with Crippen molar-refractivity contribution in [1.29, 1.82) is 0 Å². The predicted molar refractivity (Wildman–Crippen MR) is 45.5 cm³/mol. The fraction of sp³-hybridized carbons (Fsp3) is 1.00. The molecule has 0 aromatic heterocycles. The molecule has 2 unspecified atom stereocenters. The summed E-state index contributed by atoms with van der Waals surface area (Å²) >= 11 is 2.82. The maximum absolute atomic E-state index is 3.59. The number of nitrogens with zero attached hydrogens (tertiary/aromatic N) is 1. The van der Waals surface area contributed by atoms with E-state index < -0.39 is 0 Å². The van der Waals surface area contributed by atoms with Crippen LogP contribution in [0.2, 0.25) is 0 Å². The van der Waals surface area contributed by atoms with Crippen LogP contribution in [-0.4, -0.2) is 24.8 Å². The van der Waals surface area contributed by atoms with Crippen LogP contribution in [0.3, 0.4) is 0 Å². The Morgan fingerprint density at radius 2 is 2.60 bits per heavy atom. The van der Waals surface area contributed by atoms with E-state index in [9.17, 15) is 0 Å². The van der Waals surface area contributed by atoms with Crippen LogP contribution in [0.4, 0.5) is 0 Å². The van der Waals surface area contributed by atoms with E-state index in [-0.39, 0.29) is 0 Å². The van der Waals surface area contributed by atoms with Crippen molar-refractivity contribution >= 4 is 22.6 Å². The van der Waals surface area contributed by atoms with Gasteiger partial charge in [0.1, 0.15) is 0 Å². The summed E-state index contributed by atoms with van der Waals surface area (Å²) in [6.45, 7) is 2.66. The minimum absolute atomic E-state index is 0.347. The number of hydrogen-bond acceptors (Lipinski definition) is 2. The fourth-order valence-corrected chi connectivity index (χ4v) is 6.09. The first-order valence-corrected chi connectivity index (χ1v) is 7.32. The molecule has 1 N–H and O–H groups in total. The Hall–Kier alpha value is 1.38. The van der Waals surface area contributed by atoms with Crippen LogP contribution in [-0.2, 0) is 0 Å². The molecule has 0 aromatic rings. The molecule has 0 radical (unpaired) electrons. The van der Waals surface area contributed by atoms with Crippen molar-refractivity contribution in [1.82, 2.24) is 8.43 Å². The predicted octanol–water partition coefficient (Wildman–Crippen LogP) is -2.37. The van der Waals surface area contributed by atoms with Gasteiger partial charge in [0.25, 0.3) is 0 Å². The molecule has 0 aromatic carbocycles. The first-order valence-electron chi connectivity index (χ1n) is 3.58. The van der Waals surface area contributed by atoms with Gasteiger partial charge < -0.3 is 0 Å². The molecule has 2 nitrogen and oxygen atoms in total. The van der Waals surface area contributed by atoms with E-state index in [4.69, 9.17) is 0 Å². The van der Waals surface area contributed by atoms with Gasteiger partial charge in [0.05, 0.1) is 0 Å². The third-order valence-electron chi connectivity index (χ3n) is 2.07. The van der Waals surface area contributed by atoms with Crippen molar-refractivity contribution in [3.05, 3.63) is 0 Å². The molecule has 2 aliphatic rings. The summed E-state index contributed by atoms with van der Waals surface area (Å²) in [5.74, 6) is 1.02. The van der Waals surface area contributed by atoms with Gasteiger partial charge in [-0.05, 0) is 0 Å². The number of alkyl halides is 2. The first-order chi connectivity index (χ1) is 4.90. The quantitative estimate of drug-likeness (QED) is 0.242. The van der Waals surface area contributed by atoms with Gasteiger partial charge in [-0.25, -0.2) is 0 Å². The number of fused-ring (bicyclic) bond motifs is 1. The number of hydrogen-bond donors (Lipinski definition) is 1. The monoisotopic (exact) mass is 365 g/mol. The number of nitrogens with one attached hydrogen (secondary N) is 1. The van der Waals surface area contributed by atoms with E-state index in [0.717, 1.165) is 9.97 Å². The Morgan fingerprint density at radius 1 is 1.70 bits per heavy atom. The van der Waals surface area contributed by atoms with E-state index in [1.165, 1.54) is 24.1 Å². The molecule has 4 heteroatoms. The van der Waals surface area contributed by atoms with Gasteiger partial charge in [0.15, 0.2) is 0 Å². The molecular formula is C6H11I2N2-. The zero-order valence-corrected chi connectivity index (χ0v) is 10.0. The normalized spacial score (nSPS) is 41.3. The van der Waals surface area contributed by atoms with E-state index in [1.807, 2.05) is 0 Å². The summed E-state index contributed by atoms with van der Waals surface area (Å²) in [5, 5.41) is 3.59. The summed E-state index contributed by atoms with van der Waals surface area (Å²) in [6.07, 6.45) is 1.43. The fourth-order valence-electron chi connectivity index (χ4n) is 1.54. The SMILES string of the molecule is ICN1CC2CCNC2[I-]1. The van der Waals surface area contributed by atoms with Crippen molar-refractivity contribution in [3.63, 3.8) is 0 Å². The standard InChI is InChI=1S/C6H11I2N2/c7-4-10-3-5-1-2-9-6(5)8-10/h5-6,9H,1-4H2/q-1. The van der Waals surface area contributed by atoms with Gasteiger partial charge in [-0.3, -0.25) is 0 Å². The van der Waals surface area contributed by atoms with Crippen LogP contribution in [0.1, 0.15) is 6.42 Å². The second-order valence-corrected chi connectivity index (χ2v) is 6.71. The Balaban J connectivity index is 1.94. The molecule has 0 spiro atoms. The molecule has 2 heterocycles. The van der Waals surface area contributed by atoms with Crippen LogP contribution in [0.25, 0.3) is 0 Å². The van der Waals surface area contributed by atoms with Crippen molar-refractivity contribution < 1.29 is 21.5 Å². The molecule has 2 atom stereocenters. The van der Waals surface area contributed by atoms with Gasteiger partial charge >= 0.3 is 86.5 Å². The van der Waals surface area contributed by atoms with Gasteiger partial charge in [0, 0.05) is 0 Å². The molecule has 0 amide bonds. The zero-order chi connectivity index (χ0) is 6.97. The third-order valence-corrected chi connectivity index (χ3v) is 7.78. The van der Waals surface area contributed by atoms with Crippen molar-refractivity contribution in [2.75, 3.05) is 17.6 Å². The maximum atomic E-state index is 3.59. The van der Waals surface area contributed by atoms with Crippen LogP contribution in [0.15, 0.2) is 0 Å². The minimum atomic E-state index is 0.347. The van der Waals surface area contributed by atoms with E-state index in [1.54, 1.807) is 0 Å². The molecule has 2 aliphatic heterocycles. The topological polar surface area (TPSA) is 15.3 Å². The van der Waals surface area contributed by atoms with Crippen LogP contribution >= 0.6 is 22.6 Å². The zero-order valence-electron chi connectivity index (χ0n) is 5.69. The number of halogens is 2. The molecule has 0 saturated carbocycles. The van der Waals surface area contributed by atoms with Gasteiger partial charge in [0.2, 0.25) is 0 Å². The average molecular weight is 365 g/mol. The second kappa shape index (κ2) is 3.40. The molecule has 0 aliphatic carbocycles. The number of rotatable bonds is 1. The molecule has 2 saturated heterocycles.